The molecule has 1 unspecified atom stereocenters. The molecule has 4 nitrogen and oxygen atoms in total. The molecule has 0 bridgehead atoms. The van der Waals surface area contributed by atoms with Gasteiger partial charge in [0, 0.05) is 19.1 Å². The summed E-state index contributed by atoms with van der Waals surface area (Å²) >= 11 is 0. The molecule has 0 aromatic rings. The summed E-state index contributed by atoms with van der Waals surface area (Å²) in [6, 6.07) is 0.137. The molecular weight excluding hydrogens is 204 g/mol. The molecule has 0 saturated carbocycles. The van der Waals surface area contributed by atoms with Crippen LogP contribution in [-0.2, 0) is 4.79 Å². The maximum absolute atomic E-state index is 11.9. The number of aliphatic hydroxyl groups is 1. The fraction of sp³-hybridized carbons (Fsp3) is 0.917. The lowest BCUT2D eigenvalue weighted by molar-refractivity contribution is -0.139. The third-order valence-corrected chi connectivity index (χ3v) is 3.35. The van der Waals surface area contributed by atoms with Gasteiger partial charge in [0.15, 0.2) is 0 Å². The second kappa shape index (κ2) is 5.15. The molecule has 0 spiro atoms. The van der Waals surface area contributed by atoms with Crippen LogP contribution < -0.4 is 5.32 Å². The van der Waals surface area contributed by atoms with Gasteiger partial charge in [-0.25, -0.2) is 0 Å². The van der Waals surface area contributed by atoms with Gasteiger partial charge in [0.2, 0.25) is 5.91 Å². The number of nitrogens with zero attached hydrogens (tertiary/aromatic N) is 1. The van der Waals surface area contributed by atoms with Gasteiger partial charge >= 0.3 is 0 Å². The SMILES string of the molecule is CCC(CC)NC(=O)C(C)N1CC(C)(O)C1. The molecule has 1 saturated heterocycles. The largest absolute Gasteiger partial charge is 0.388 e. The van der Waals surface area contributed by atoms with Gasteiger partial charge in [-0.15, -0.1) is 0 Å². The minimum atomic E-state index is -0.608. The molecule has 16 heavy (non-hydrogen) atoms. The second-order valence-corrected chi connectivity index (χ2v) is 5.10. The zero-order chi connectivity index (χ0) is 12.3. The molecule has 1 aliphatic rings. The zero-order valence-corrected chi connectivity index (χ0v) is 10.8. The Balaban J connectivity index is 2.37. The van der Waals surface area contributed by atoms with Gasteiger partial charge in [0.1, 0.15) is 0 Å². The highest BCUT2D eigenvalue weighted by atomic mass is 16.3. The first-order valence-corrected chi connectivity index (χ1v) is 6.16. The fourth-order valence-electron chi connectivity index (χ4n) is 2.08. The van der Waals surface area contributed by atoms with Crippen LogP contribution >= 0.6 is 0 Å². The molecule has 1 fully saturated rings. The predicted octanol–water partition coefficient (Wildman–Crippen LogP) is 0.746. The van der Waals surface area contributed by atoms with E-state index in [1.807, 2.05) is 11.8 Å². The van der Waals surface area contributed by atoms with Gasteiger partial charge < -0.3 is 10.4 Å². The van der Waals surface area contributed by atoms with Crippen molar-refractivity contribution in [2.75, 3.05) is 13.1 Å². The van der Waals surface area contributed by atoms with E-state index in [0.717, 1.165) is 12.8 Å². The van der Waals surface area contributed by atoms with Crippen molar-refractivity contribution in [3.63, 3.8) is 0 Å². The standard InChI is InChI=1S/C12H24N2O2/c1-5-10(6-2)13-11(15)9(3)14-7-12(4,16)8-14/h9-10,16H,5-8H2,1-4H3,(H,13,15). The van der Waals surface area contributed by atoms with Crippen LogP contribution in [0.4, 0.5) is 0 Å². The van der Waals surface area contributed by atoms with Crippen LogP contribution in [0.25, 0.3) is 0 Å². The summed E-state index contributed by atoms with van der Waals surface area (Å²) in [5.41, 5.74) is -0.608. The second-order valence-electron chi connectivity index (χ2n) is 5.10. The number of rotatable bonds is 5. The fourth-order valence-corrected chi connectivity index (χ4v) is 2.08. The molecule has 1 aliphatic heterocycles. The van der Waals surface area contributed by atoms with Crippen LogP contribution in [0, 0.1) is 0 Å². The summed E-state index contributed by atoms with van der Waals surface area (Å²) < 4.78 is 0. The first kappa shape index (κ1) is 13.5. The van der Waals surface area contributed by atoms with Crippen LogP contribution in [0.1, 0.15) is 40.5 Å². The summed E-state index contributed by atoms with van der Waals surface area (Å²) in [6.45, 7) is 9.03. The van der Waals surface area contributed by atoms with Gasteiger partial charge in [-0.2, -0.15) is 0 Å². The van der Waals surface area contributed by atoms with Crippen LogP contribution in [0.15, 0.2) is 0 Å². The minimum absolute atomic E-state index is 0.0733. The predicted molar refractivity (Wildman–Crippen MR) is 64.2 cm³/mol. The maximum Gasteiger partial charge on any atom is 0.237 e. The Kier molecular flexibility index (Phi) is 4.33. The lowest BCUT2D eigenvalue weighted by atomic mass is 9.94. The van der Waals surface area contributed by atoms with Crippen molar-refractivity contribution in [2.24, 2.45) is 0 Å². The van der Waals surface area contributed by atoms with Gasteiger partial charge in [-0.05, 0) is 26.7 Å². The summed E-state index contributed by atoms with van der Waals surface area (Å²) in [4.78, 5) is 13.9. The molecule has 1 heterocycles. The number of hydrogen-bond acceptors (Lipinski definition) is 3. The van der Waals surface area contributed by atoms with E-state index in [1.54, 1.807) is 6.92 Å². The number of β-amino-alcohol motifs (C(OH)–C–C–N with tert-alkyl or cyclic N) is 1. The Morgan fingerprint density at radius 3 is 2.31 bits per heavy atom. The topological polar surface area (TPSA) is 52.6 Å². The highest BCUT2D eigenvalue weighted by molar-refractivity contribution is 5.81. The van der Waals surface area contributed by atoms with E-state index >= 15 is 0 Å². The number of carbonyl (C=O) groups excluding carboxylic acids is 1. The summed E-state index contributed by atoms with van der Waals surface area (Å²) in [6.07, 6.45) is 1.93. The van der Waals surface area contributed by atoms with E-state index in [0.29, 0.717) is 13.1 Å². The minimum Gasteiger partial charge on any atom is -0.388 e. The summed E-state index contributed by atoms with van der Waals surface area (Å²) in [5, 5.41) is 12.6. The van der Waals surface area contributed by atoms with Crippen LogP contribution in [-0.4, -0.2) is 46.7 Å². The third-order valence-electron chi connectivity index (χ3n) is 3.35. The molecule has 0 aromatic heterocycles. The smallest absolute Gasteiger partial charge is 0.237 e. The average molecular weight is 228 g/mol. The van der Waals surface area contributed by atoms with E-state index in [-0.39, 0.29) is 18.0 Å². The number of likely N-dealkylation sites (tertiary alicyclic amines) is 1. The molecule has 0 aromatic carbocycles. The summed E-state index contributed by atoms with van der Waals surface area (Å²) in [7, 11) is 0. The number of hydrogen-bond donors (Lipinski definition) is 2. The molecule has 4 heteroatoms. The van der Waals surface area contributed by atoms with Crippen molar-refractivity contribution >= 4 is 5.91 Å². The zero-order valence-electron chi connectivity index (χ0n) is 10.8. The lowest BCUT2D eigenvalue weighted by Crippen LogP contribution is -2.65. The van der Waals surface area contributed by atoms with Gasteiger partial charge in [-0.3, -0.25) is 9.69 Å². The van der Waals surface area contributed by atoms with E-state index in [1.165, 1.54) is 0 Å². The van der Waals surface area contributed by atoms with Crippen molar-refractivity contribution in [1.29, 1.82) is 0 Å². The molecular formula is C12H24N2O2. The van der Waals surface area contributed by atoms with E-state index in [2.05, 4.69) is 19.2 Å². The van der Waals surface area contributed by atoms with Gasteiger partial charge in [0.05, 0.1) is 11.6 Å². The Hall–Kier alpha value is -0.610. The Bertz CT molecular complexity index is 241. The van der Waals surface area contributed by atoms with Crippen molar-refractivity contribution in [2.45, 2.75) is 58.2 Å². The molecule has 0 radical (unpaired) electrons. The van der Waals surface area contributed by atoms with Gasteiger partial charge in [0.25, 0.3) is 0 Å². The van der Waals surface area contributed by atoms with Crippen molar-refractivity contribution in [3.05, 3.63) is 0 Å². The molecule has 2 N–H and O–H groups in total. The number of amides is 1. The summed E-state index contributed by atoms with van der Waals surface area (Å²) in [5.74, 6) is 0.0733. The van der Waals surface area contributed by atoms with Crippen LogP contribution in [0.2, 0.25) is 0 Å². The van der Waals surface area contributed by atoms with E-state index in [4.69, 9.17) is 0 Å². The first-order valence-electron chi connectivity index (χ1n) is 6.16. The van der Waals surface area contributed by atoms with E-state index in [9.17, 15) is 9.90 Å². The van der Waals surface area contributed by atoms with Crippen molar-refractivity contribution in [3.8, 4) is 0 Å². The number of carbonyl (C=O) groups is 1. The molecule has 94 valence electrons. The number of nitrogens with one attached hydrogen (secondary N) is 1. The third kappa shape index (κ3) is 3.19. The normalized spacial score (nSPS) is 21.6. The van der Waals surface area contributed by atoms with Crippen molar-refractivity contribution < 1.29 is 9.90 Å². The highest BCUT2D eigenvalue weighted by Gasteiger charge is 2.40. The average Bonchev–Trinajstić information content (AvgIpc) is 2.20. The first-order chi connectivity index (χ1) is 7.39. The lowest BCUT2D eigenvalue weighted by Gasteiger charge is -2.47. The van der Waals surface area contributed by atoms with E-state index < -0.39 is 5.60 Å². The Labute approximate surface area is 98.0 Å². The molecule has 1 amide bonds. The quantitative estimate of drug-likeness (QED) is 0.730. The van der Waals surface area contributed by atoms with Gasteiger partial charge in [-0.1, -0.05) is 13.8 Å². The maximum atomic E-state index is 11.9. The Morgan fingerprint density at radius 2 is 1.94 bits per heavy atom. The van der Waals surface area contributed by atoms with Crippen LogP contribution in [0.5, 0.6) is 0 Å². The van der Waals surface area contributed by atoms with Crippen molar-refractivity contribution in [1.82, 2.24) is 10.2 Å². The van der Waals surface area contributed by atoms with Crippen LogP contribution in [0.3, 0.4) is 0 Å². The molecule has 0 aliphatic carbocycles. The molecule has 1 rings (SSSR count). The Morgan fingerprint density at radius 1 is 1.44 bits per heavy atom. The highest BCUT2D eigenvalue weighted by Crippen LogP contribution is 2.22. The monoisotopic (exact) mass is 228 g/mol. The molecule has 1 atom stereocenters.